The van der Waals surface area contributed by atoms with Crippen LogP contribution in [-0.2, 0) is 13.1 Å². The lowest BCUT2D eigenvalue weighted by Gasteiger charge is -2.07. The molecule has 0 bridgehead atoms. The minimum atomic E-state index is -0.155. The Morgan fingerprint density at radius 2 is 2.25 bits per heavy atom. The third kappa shape index (κ3) is 3.31. The van der Waals surface area contributed by atoms with Gasteiger partial charge in [-0.05, 0) is 26.0 Å². The number of anilines is 1. The molecule has 2 heterocycles. The van der Waals surface area contributed by atoms with Crippen molar-refractivity contribution in [1.82, 2.24) is 25.1 Å². The summed E-state index contributed by atoms with van der Waals surface area (Å²) in [4.78, 5) is 16.2. The molecule has 106 valence electrons. The van der Waals surface area contributed by atoms with Gasteiger partial charge in [0.2, 0.25) is 0 Å². The van der Waals surface area contributed by atoms with Gasteiger partial charge in [-0.2, -0.15) is 0 Å². The first-order valence-electron chi connectivity index (χ1n) is 6.59. The van der Waals surface area contributed by atoms with Crippen LogP contribution in [0.15, 0.2) is 24.7 Å². The summed E-state index contributed by atoms with van der Waals surface area (Å²) in [6.07, 6.45) is 3.26. The monoisotopic (exact) mass is 274 g/mol. The molecule has 2 aromatic rings. The first-order valence-corrected chi connectivity index (χ1v) is 6.59. The molecule has 0 fully saturated rings. The van der Waals surface area contributed by atoms with Crippen LogP contribution in [0.2, 0.25) is 0 Å². The Morgan fingerprint density at radius 1 is 1.40 bits per heavy atom. The molecule has 1 amide bonds. The second-order valence-corrected chi connectivity index (χ2v) is 4.18. The van der Waals surface area contributed by atoms with Gasteiger partial charge in [-0.25, -0.2) is 4.98 Å². The van der Waals surface area contributed by atoms with Gasteiger partial charge in [-0.3, -0.25) is 4.79 Å². The lowest BCUT2D eigenvalue weighted by molar-refractivity contribution is 0.0949. The van der Waals surface area contributed by atoms with Crippen molar-refractivity contribution >= 4 is 11.7 Å². The number of pyridine rings is 1. The van der Waals surface area contributed by atoms with E-state index in [9.17, 15) is 4.79 Å². The standard InChI is InChI=1S/C13H18N6O/c1-3-14-11-7-10(5-6-15-11)13(20)16-8-12-18-17-9-19(12)4-2/h5-7,9H,3-4,8H2,1-2H3,(H,14,15)(H,16,20). The quantitative estimate of drug-likeness (QED) is 0.822. The Hall–Kier alpha value is -2.44. The minimum Gasteiger partial charge on any atom is -0.370 e. The molecule has 0 aliphatic carbocycles. The Balaban J connectivity index is 1.99. The molecule has 0 saturated carbocycles. The van der Waals surface area contributed by atoms with Gasteiger partial charge in [0.25, 0.3) is 5.91 Å². The summed E-state index contributed by atoms with van der Waals surface area (Å²) in [5, 5.41) is 13.7. The number of amides is 1. The number of carbonyl (C=O) groups is 1. The van der Waals surface area contributed by atoms with Gasteiger partial charge < -0.3 is 15.2 Å². The number of aryl methyl sites for hydroxylation is 1. The van der Waals surface area contributed by atoms with E-state index in [-0.39, 0.29) is 5.91 Å². The van der Waals surface area contributed by atoms with Crippen LogP contribution >= 0.6 is 0 Å². The predicted molar refractivity (Wildman–Crippen MR) is 75.3 cm³/mol. The average Bonchev–Trinajstić information content (AvgIpc) is 2.93. The molecular weight excluding hydrogens is 256 g/mol. The smallest absolute Gasteiger partial charge is 0.251 e. The Kier molecular flexibility index (Phi) is 4.65. The fourth-order valence-electron chi connectivity index (χ4n) is 1.79. The van der Waals surface area contributed by atoms with Crippen molar-refractivity contribution in [2.24, 2.45) is 0 Å². The fraction of sp³-hybridized carbons (Fsp3) is 0.385. The molecule has 7 nitrogen and oxygen atoms in total. The molecule has 0 aliphatic rings. The lowest BCUT2D eigenvalue weighted by atomic mass is 10.2. The molecule has 7 heteroatoms. The van der Waals surface area contributed by atoms with E-state index in [0.29, 0.717) is 17.9 Å². The van der Waals surface area contributed by atoms with Gasteiger partial charge in [0.1, 0.15) is 12.1 Å². The number of carbonyl (C=O) groups excluding carboxylic acids is 1. The van der Waals surface area contributed by atoms with Crippen LogP contribution in [0.4, 0.5) is 5.82 Å². The highest BCUT2D eigenvalue weighted by atomic mass is 16.1. The number of nitrogens with one attached hydrogen (secondary N) is 2. The number of hydrogen-bond acceptors (Lipinski definition) is 5. The van der Waals surface area contributed by atoms with Crippen LogP contribution in [-0.4, -0.2) is 32.2 Å². The molecule has 20 heavy (non-hydrogen) atoms. The third-order valence-electron chi connectivity index (χ3n) is 2.82. The Bertz CT molecular complexity index is 580. The van der Waals surface area contributed by atoms with Crippen LogP contribution in [0, 0.1) is 0 Å². The van der Waals surface area contributed by atoms with Gasteiger partial charge in [-0.15, -0.1) is 10.2 Å². The fourth-order valence-corrected chi connectivity index (χ4v) is 1.79. The summed E-state index contributed by atoms with van der Waals surface area (Å²) in [5.41, 5.74) is 0.568. The second kappa shape index (κ2) is 6.65. The van der Waals surface area contributed by atoms with Crippen molar-refractivity contribution < 1.29 is 4.79 Å². The van der Waals surface area contributed by atoms with Crippen LogP contribution < -0.4 is 10.6 Å². The maximum absolute atomic E-state index is 12.1. The lowest BCUT2D eigenvalue weighted by Crippen LogP contribution is -2.24. The number of rotatable bonds is 6. The van der Waals surface area contributed by atoms with Crippen LogP contribution in [0.3, 0.4) is 0 Å². The van der Waals surface area contributed by atoms with E-state index in [4.69, 9.17) is 0 Å². The van der Waals surface area contributed by atoms with Crippen molar-refractivity contribution in [3.8, 4) is 0 Å². The largest absolute Gasteiger partial charge is 0.370 e. The highest BCUT2D eigenvalue weighted by Crippen LogP contribution is 2.06. The summed E-state index contributed by atoms with van der Waals surface area (Å²) in [6.45, 7) is 5.87. The maximum Gasteiger partial charge on any atom is 0.251 e. The second-order valence-electron chi connectivity index (χ2n) is 4.18. The summed E-state index contributed by atoms with van der Waals surface area (Å²) >= 11 is 0. The van der Waals surface area contributed by atoms with Crippen LogP contribution in [0.5, 0.6) is 0 Å². The third-order valence-corrected chi connectivity index (χ3v) is 2.82. The summed E-state index contributed by atoms with van der Waals surface area (Å²) in [7, 11) is 0. The van der Waals surface area contributed by atoms with Gasteiger partial charge in [0.15, 0.2) is 5.82 Å². The van der Waals surface area contributed by atoms with E-state index in [0.717, 1.165) is 18.9 Å². The zero-order chi connectivity index (χ0) is 14.4. The van der Waals surface area contributed by atoms with Crippen molar-refractivity contribution in [2.75, 3.05) is 11.9 Å². The summed E-state index contributed by atoms with van der Waals surface area (Å²) < 4.78 is 1.89. The molecule has 2 rings (SSSR count). The topological polar surface area (TPSA) is 84.7 Å². The highest BCUT2D eigenvalue weighted by Gasteiger charge is 2.09. The van der Waals surface area contributed by atoms with E-state index >= 15 is 0 Å². The first kappa shape index (κ1) is 14.0. The molecular formula is C13H18N6O. The van der Waals surface area contributed by atoms with E-state index < -0.39 is 0 Å². The normalized spacial score (nSPS) is 10.3. The molecule has 2 N–H and O–H groups in total. The Labute approximate surface area is 117 Å². The van der Waals surface area contributed by atoms with Crippen LogP contribution in [0.25, 0.3) is 0 Å². The molecule has 0 spiro atoms. The Morgan fingerprint density at radius 3 is 3.00 bits per heavy atom. The van der Waals surface area contributed by atoms with Crippen molar-refractivity contribution in [3.63, 3.8) is 0 Å². The summed E-state index contributed by atoms with van der Waals surface area (Å²) in [5.74, 6) is 1.27. The van der Waals surface area contributed by atoms with Gasteiger partial charge in [-0.1, -0.05) is 0 Å². The maximum atomic E-state index is 12.1. The highest BCUT2D eigenvalue weighted by molar-refractivity contribution is 5.94. The molecule has 0 aromatic carbocycles. The molecule has 0 aliphatic heterocycles. The van der Waals surface area contributed by atoms with Crippen molar-refractivity contribution in [3.05, 3.63) is 36.0 Å². The van der Waals surface area contributed by atoms with Gasteiger partial charge in [0.05, 0.1) is 6.54 Å². The zero-order valence-electron chi connectivity index (χ0n) is 11.6. The van der Waals surface area contributed by atoms with Gasteiger partial charge in [0, 0.05) is 24.8 Å². The number of hydrogen-bond donors (Lipinski definition) is 2. The van der Waals surface area contributed by atoms with E-state index in [1.54, 1.807) is 24.7 Å². The molecule has 0 unspecified atom stereocenters. The van der Waals surface area contributed by atoms with E-state index in [1.807, 2.05) is 18.4 Å². The number of nitrogens with zero attached hydrogens (tertiary/aromatic N) is 4. The van der Waals surface area contributed by atoms with E-state index in [1.165, 1.54) is 0 Å². The SMILES string of the molecule is CCNc1cc(C(=O)NCc2nncn2CC)ccn1. The van der Waals surface area contributed by atoms with Crippen LogP contribution in [0.1, 0.15) is 30.0 Å². The molecule has 0 radical (unpaired) electrons. The number of aromatic nitrogens is 4. The van der Waals surface area contributed by atoms with Crippen molar-refractivity contribution in [1.29, 1.82) is 0 Å². The molecule has 0 saturated heterocycles. The predicted octanol–water partition coefficient (Wildman–Crippen LogP) is 1.05. The molecule has 2 aromatic heterocycles. The first-order chi connectivity index (χ1) is 9.74. The minimum absolute atomic E-state index is 0.155. The average molecular weight is 274 g/mol. The zero-order valence-corrected chi connectivity index (χ0v) is 11.6. The van der Waals surface area contributed by atoms with Gasteiger partial charge >= 0.3 is 0 Å². The van der Waals surface area contributed by atoms with E-state index in [2.05, 4.69) is 25.8 Å². The molecule has 0 atom stereocenters. The summed E-state index contributed by atoms with van der Waals surface area (Å²) in [6, 6.07) is 3.41. The van der Waals surface area contributed by atoms with Crippen molar-refractivity contribution in [2.45, 2.75) is 26.9 Å².